The van der Waals surface area contributed by atoms with Crippen LogP contribution in [0.15, 0.2) is 48.7 Å². The van der Waals surface area contributed by atoms with Crippen molar-refractivity contribution in [1.82, 2.24) is 19.1 Å². The molecule has 3 rings (SSSR count). The molecule has 0 fully saturated rings. The lowest BCUT2D eigenvalue weighted by Crippen LogP contribution is -2.22. The fourth-order valence-corrected chi connectivity index (χ4v) is 2.80. The lowest BCUT2D eigenvalue weighted by atomic mass is 10.2. The number of anilines is 1. The summed E-state index contributed by atoms with van der Waals surface area (Å²) in [5.41, 5.74) is 3.36. The zero-order valence-electron chi connectivity index (χ0n) is 13.7. The van der Waals surface area contributed by atoms with Gasteiger partial charge in [-0.3, -0.25) is 9.30 Å². The van der Waals surface area contributed by atoms with E-state index in [0.29, 0.717) is 6.67 Å². The molecule has 0 aliphatic rings. The number of rotatable bonds is 5. The molecule has 2 heterocycles. The van der Waals surface area contributed by atoms with Gasteiger partial charge in [0.05, 0.1) is 6.67 Å². The van der Waals surface area contributed by atoms with Gasteiger partial charge in [0.2, 0.25) is 4.77 Å². The summed E-state index contributed by atoms with van der Waals surface area (Å²) in [6.45, 7) is 1.51. The summed E-state index contributed by atoms with van der Waals surface area (Å²) in [6.07, 6.45) is 1.95. The molecule has 0 bridgehead atoms. The summed E-state index contributed by atoms with van der Waals surface area (Å²) >= 11 is 5.49. The van der Waals surface area contributed by atoms with E-state index < -0.39 is 0 Å². The van der Waals surface area contributed by atoms with Crippen LogP contribution in [0.25, 0.3) is 5.65 Å². The highest BCUT2D eigenvalue weighted by Crippen LogP contribution is 2.13. The van der Waals surface area contributed by atoms with Gasteiger partial charge >= 0.3 is 0 Å². The van der Waals surface area contributed by atoms with Crippen LogP contribution in [-0.4, -0.2) is 40.2 Å². The van der Waals surface area contributed by atoms with Gasteiger partial charge in [0.15, 0.2) is 5.65 Å². The Morgan fingerprint density at radius 1 is 1.04 bits per heavy atom. The summed E-state index contributed by atoms with van der Waals surface area (Å²) in [5.74, 6) is 0. The zero-order valence-corrected chi connectivity index (χ0v) is 14.5. The smallest absolute Gasteiger partial charge is 0.203 e. The third-order valence-corrected chi connectivity index (χ3v) is 4.18. The van der Waals surface area contributed by atoms with Crippen LogP contribution in [0.3, 0.4) is 0 Å². The van der Waals surface area contributed by atoms with Crippen molar-refractivity contribution in [3.63, 3.8) is 0 Å². The molecule has 5 nitrogen and oxygen atoms in total. The molecule has 0 N–H and O–H groups in total. The Hall–Kier alpha value is -2.18. The highest BCUT2D eigenvalue weighted by atomic mass is 32.1. The Bertz CT molecular complexity index is 847. The van der Waals surface area contributed by atoms with Gasteiger partial charge in [-0.05, 0) is 49.1 Å². The molecule has 0 spiro atoms. The van der Waals surface area contributed by atoms with Crippen molar-refractivity contribution >= 4 is 23.6 Å². The number of pyridine rings is 1. The monoisotopic (exact) mass is 327 g/mol. The molecule has 6 heteroatoms. The zero-order chi connectivity index (χ0) is 16.4. The molecule has 0 saturated carbocycles. The van der Waals surface area contributed by atoms with Gasteiger partial charge in [0, 0.05) is 32.5 Å². The summed E-state index contributed by atoms with van der Waals surface area (Å²) in [7, 11) is 6.17. The third-order valence-electron chi connectivity index (χ3n) is 3.77. The van der Waals surface area contributed by atoms with Crippen molar-refractivity contribution in [2.75, 3.05) is 26.0 Å². The number of nitrogens with zero attached hydrogens (tertiary/aromatic N) is 5. The van der Waals surface area contributed by atoms with Crippen LogP contribution in [0.5, 0.6) is 0 Å². The first-order valence-corrected chi connectivity index (χ1v) is 7.94. The van der Waals surface area contributed by atoms with E-state index in [0.717, 1.165) is 17.0 Å². The van der Waals surface area contributed by atoms with E-state index in [1.165, 1.54) is 11.3 Å². The lowest BCUT2D eigenvalue weighted by molar-refractivity contribution is 0.245. The first-order valence-electron chi connectivity index (χ1n) is 7.53. The summed E-state index contributed by atoms with van der Waals surface area (Å²) in [4.78, 5) is 4.30. The highest BCUT2D eigenvalue weighted by molar-refractivity contribution is 7.71. The van der Waals surface area contributed by atoms with E-state index >= 15 is 0 Å². The van der Waals surface area contributed by atoms with Gasteiger partial charge in [-0.15, -0.1) is 0 Å². The summed E-state index contributed by atoms with van der Waals surface area (Å²) in [6, 6.07) is 14.5. The Morgan fingerprint density at radius 3 is 2.43 bits per heavy atom. The predicted molar refractivity (Wildman–Crippen MR) is 96.3 cm³/mol. The summed E-state index contributed by atoms with van der Waals surface area (Å²) < 4.78 is 4.50. The SMILES string of the molecule is CN(Cc1ccc(N(C)C)cc1)Cn1nc2ccccn2c1=S. The number of hydrogen-bond donors (Lipinski definition) is 0. The number of benzene rings is 1. The maximum atomic E-state index is 5.49. The van der Waals surface area contributed by atoms with E-state index in [-0.39, 0.29) is 0 Å². The van der Waals surface area contributed by atoms with Crippen molar-refractivity contribution in [3.8, 4) is 0 Å². The second-order valence-corrected chi connectivity index (χ2v) is 6.29. The topological polar surface area (TPSA) is 28.7 Å². The fraction of sp³-hybridized carbons (Fsp3) is 0.294. The average Bonchev–Trinajstić information content (AvgIpc) is 2.84. The molecule has 0 aliphatic heterocycles. The van der Waals surface area contributed by atoms with Gasteiger partial charge in [0.25, 0.3) is 0 Å². The predicted octanol–water partition coefficient (Wildman–Crippen LogP) is 3.02. The first kappa shape index (κ1) is 15.7. The molecular weight excluding hydrogens is 306 g/mol. The molecule has 0 radical (unpaired) electrons. The van der Waals surface area contributed by atoms with E-state index in [9.17, 15) is 0 Å². The van der Waals surface area contributed by atoms with Gasteiger partial charge in [-0.25, -0.2) is 4.68 Å². The van der Waals surface area contributed by atoms with Gasteiger partial charge in [-0.2, -0.15) is 5.10 Å². The van der Waals surface area contributed by atoms with Crippen LogP contribution >= 0.6 is 12.2 Å². The standard InChI is InChI=1S/C17H21N5S/c1-19(2)15-9-7-14(8-10-15)12-20(3)13-22-17(23)21-11-5-4-6-16(21)18-22/h4-11H,12-13H2,1-3H3. The van der Waals surface area contributed by atoms with Crippen LogP contribution in [0.2, 0.25) is 0 Å². The number of hydrogen-bond acceptors (Lipinski definition) is 4. The van der Waals surface area contributed by atoms with E-state index in [1.807, 2.05) is 47.6 Å². The molecule has 1 aromatic carbocycles. The van der Waals surface area contributed by atoms with Crippen LogP contribution in [-0.2, 0) is 13.2 Å². The van der Waals surface area contributed by atoms with E-state index in [4.69, 9.17) is 12.2 Å². The normalized spacial score (nSPS) is 11.3. The Kier molecular flexibility index (Phi) is 4.45. The van der Waals surface area contributed by atoms with Crippen molar-refractivity contribution in [2.45, 2.75) is 13.2 Å². The van der Waals surface area contributed by atoms with Crippen molar-refractivity contribution in [3.05, 3.63) is 59.0 Å². The Labute approximate surface area is 141 Å². The molecule has 3 aromatic rings. The van der Waals surface area contributed by atoms with Crippen LogP contribution < -0.4 is 4.90 Å². The third kappa shape index (κ3) is 3.43. The second-order valence-electron chi connectivity index (χ2n) is 5.93. The van der Waals surface area contributed by atoms with Gasteiger partial charge in [0.1, 0.15) is 0 Å². The molecule has 0 aliphatic carbocycles. The average molecular weight is 327 g/mol. The minimum Gasteiger partial charge on any atom is -0.378 e. The van der Waals surface area contributed by atoms with Crippen molar-refractivity contribution in [1.29, 1.82) is 0 Å². The van der Waals surface area contributed by atoms with Gasteiger partial charge in [-0.1, -0.05) is 18.2 Å². The quantitative estimate of drug-likeness (QED) is 0.674. The van der Waals surface area contributed by atoms with Gasteiger partial charge < -0.3 is 4.90 Å². The van der Waals surface area contributed by atoms with Crippen LogP contribution in [0.4, 0.5) is 5.69 Å². The molecule has 0 unspecified atom stereocenters. The number of fused-ring (bicyclic) bond motifs is 1. The first-order chi connectivity index (χ1) is 11.0. The molecular formula is C17H21N5S. The number of aromatic nitrogens is 3. The van der Waals surface area contributed by atoms with Crippen LogP contribution in [0, 0.1) is 4.77 Å². The van der Waals surface area contributed by atoms with Crippen molar-refractivity contribution in [2.24, 2.45) is 0 Å². The Morgan fingerprint density at radius 2 is 1.78 bits per heavy atom. The molecule has 0 saturated heterocycles. The van der Waals surface area contributed by atoms with E-state index in [2.05, 4.69) is 46.2 Å². The summed E-state index contributed by atoms with van der Waals surface area (Å²) in [5, 5.41) is 4.56. The molecule has 2 aromatic heterocycles. The minimum atomic E-state index is 0.663. The van der Waals surface area contributed by atoms with Crippen LogP contribution in [0.1, 0.15) is 5.56 Å². The van der Waals surface area contributed by atoms with Crippen molar-refractivity contribution < 1.29 is 0 Å². The molecule has 0 amide bonds. The highest BCUT2D eigenvalue weighted by Gasteiger charge is 2.07. The fourth-order valence-electron chi connectivity index (χ4n) is 2.55. The molecule has 120 valence electrons. The second kappa shape index (κ2) is 6.52. The molecule has 23 heavy (non-hydrogen) atoms. The lowest BCUT2D eigenvalue weighted by Gasteiger charge is -2.17. The molecule has 0 atom stereocenters. The Balaban J connectivity index is 1.72. The minimum absolute atomic E-state index is 0.663. The largest absolute Gasteiger partial charge is 0.378 e. The maximum Gasteiger partial charge on any atom is 0.203 e. The van der Waals surface area contributed by atoms with E-state index in [1.54, 1.807) is 0 Å². The maximum absolute atomic E-state index is 5.49.